The Kier molecular flexibility index (Phi) is 6.17. The van der Waals surface area contributed by atoms with Crippen molar-refractivity contribution in [3.05, 3.63) is 59.2 Å². The van der Waals surface area contributed by atoms with Crippen molar-refractivity contribution in [2.24, 2.45) is 0 Å². The van der Waals surface area contributed by atoms with E-state index in [1.165, 1.54) is 4.31 Å². The topological polar surface area (TPSA) is 70.9 Å². The average molecular weight is 403 g/mol. The Balaban J connectivity index is 1.58. The first-order valence-corrected chi connectivity index (χ1v) is 11.0. The van der Waals surface area contributed by atoms with Crippen molar-refractivity contribution in [1.82, 2.24) is 4.31 Å². The zero-order valence-electron chi connectivity index (χ0n) is 16.7. The first-order valence-electron chi connectivity index (χ1n) is 9.53. The first-order chi connectivity index (χ1) is 13.3. The summed E-state index contributed by atoms with van der Waals surface area (Å²) in [6.45, 7) is 8.11. The highest BCUT2D eigenvalue weighted by molar-refractivity contribution is 7.89. The van der Waals surface area contributed by atoms with E-state index in [4.69, 9.17) is 0 Å². The van der Waals surface area contributed by atoms with Gasteiger partial charge in [0, 0.05) is 5.69 Å². The standard InChI is InChI=1S/C21H27N3O3S/c1-16-5-4-6-19(13-16)22-21(25)15-23-9-11-24(12-10-23)28(26,27)20-14-17(2)7-8-18(20)3/h4-8,13-14H,9-12,15H2,1-3H3,(H,22,25)/p+1. The summed E-state index contributed by atoms with van der Waals surface area (Å²) >= 11 is 0. The molecule has 0 saturated carbocycles. The third-order valence-electron chi connectivity index (χ3n) is 5.10. The van der Waals surface area contributed by atoms with Crippen LogP contribution in [0.2, 0.25) is 0 Å². The molecule has 1 saturated heterocycles. The number of hydrogen-bond donors (Lipinski definition) is 2. The van der Waals surface area contributed by atoms with E-state index in [1.54, 1.807) is 6.07 Å². The van der Waals surface area contributed by atoms with Crippen LogP contribution in [0.4, 0.5) is 5.69 Å². The molecule has 6 nitrogen and oxygen atoms in total. The maximum atomic E-state index is 13.0. The van der Waals surface area contributed by atoms with Gasteiger partial charge in [-0.15, -0.1) is 0 Å². The van der Waals surface area contributed by atoms with Gasteiger partial charge in [-0.3, -0.25) is 4.79 Å². The van der Waals surface area contributed by atoms with Gasteiger partial charge in [-0.25, -0.2) is 8.42 Å². The molecular formula is C21H28N3O3S+. The molecule has 1 aliphatic heterocycles. The number of piperazine rings is 1. The molecule has 0 radical (unpaired) electrons. The van der Waals surface area contributed by atoms with Crippen molar-refractivity contribution in [3.8, 4) is 0 Å². The van der Waals surface area contributed by atoms with Crippen molar-refractivity contribution in [2.45, 2.75) is 25.7 Å². The minimum Gasteiger partial charge on any atom is -0.325 e. The van der Waals surface area contributed by atoms with E-state index in [1.807, 2.05) is 57.2 Å². The maximum Gasteiger partial charge on any atom is 0.279 e. The van der Waals surface area contributed by atoms with E-state index < -0.39 is 10.0 Å². The van der Waals surface area contributed by atoms with Crippen LogP contribution in [-0.2, 0) is 14.8 Å². The Hall–Kier alpha value is -2.22. The fraction of sp³-hybridized carbons (Fsp3) is 0.381. The summed E-state index contributed by atoms with van der Waals surface area (Å²) in [4.78, 5) is 13.8. The number of rotatable bonds is 5. The molecule has 0 bridgehead atoms. The van der Waals surface area contributed by atoms with Gasteiger partial charge in [0.2, 0.25) is 10.0 Å². The number of carbonyl (C=O) groups excluding carboxylic acids is 1. The number of amides is 1. The predicted molar refractivity (Wildman–Crippen MR) is 110 cm³/mol. The number of nitrogens with one attached hydrogen (secondary N) is 2. The summed E-state index contributed by atoms with van der Waals surface area (Å²) in [6, 6.07) is 13.2. The molecule has 0 aliphatic carbocycles. The fourth-order valence-electron chi connectivity index (χ4n) is 3.50. The number of carbonyl (C=O) groups is 1. The second kappa shape index (κ2) is 8.43. The monoisotopic (exact) mass is 402 g/mol. The normalized spacial score (nSPS) is 16.1. The Bertz CT molecular complexity index is 965. The first kappa shape index (κ1) is 20.5. The van der Waals surface area contributed by atoms with Crippen LogP contribution in [0.25, 0.3) is 0 Å². The van der Waals surface area contributed by atoms with E-state index >= 15 is 0 Å². The van der Waals surface area contributed by atoms with Gasteiger partial charge in [-0.1, -0.05) is 24.3 Å². The summed E-state index contributed by atoms with van der Waals surface area (Å²) in [5.41, 5.74) is 3.58. The van der Waals surface area contributed by atoms with Crippen LogP contribution in [0.3, 0.4) is 0 Å². The van der Waals surface area contributed by atoms with Crippen LogP contribution >= 0.6 is 0 Å². The van der Waals surface area contributed by atoms with Crippen LogP contribution in [0.15, 0.2) is 47.4 Å². The number of hydrogen-bond acceptors (Lipinski definition) is 3. The van der Waals surface area contributed by atoms with Gasteiger partial charge in [-0.05, 0) is 55.7 Å². The number of aryl methyl sites for hydroxylation is 3. The van der Waals surface area contributed by atoms with Crippen molar-refractivity contribution in [1.29, 1.82) is 0 Å². The number of nitrogens with zero attached hydrogens (tertiary/aromatic N) is 1. The molecular weight excluding hydrogens is 374 g/mol. The SMILES string of the molecule is Cc1cccc(NC(=O)C[NH+]2CCN(S(=O)(=O)c3cc(C)ccc3C)CC2)c1. The van der Waals surface area contributed by atoms with Gasteiger partial charge in [0.25, 0.3) is 5.91 Å². The summed E-state index contributed by atoms with van der Waals surface area (Å²) in [7, 11) is -3.50. The summed E-state index contributed by atoms with van der Waals surface area (Å²) in [5, 5.41) is 2.92. The van der Waals surface area contributed by atoms with E-state index in [9.17, 15) is 13.2 Å². The van der Waals surface area contributed by atoms with Crippen LogP contribution in [0, 0.1) is 20.8 Å². The zero-order chi connectivity index (χ0) is 20.3. The van der Waals surface area contributed by atoms with Crippen molar-refractivity contribution < 1.29 is 18.1 Å². The van der Waals surface area contributed by atoms with E-state index in [2.05, 4.69) is 5.32 Å². The number of quaternary nitrogens is 1. The van der Waals surface area contributed by atoms with Gasteiger partial charge in [0.1, 0.15) is 0 Å². The Labute approximate surface area is 167 Å². The van der Waals surface area contributed by atoms with Crippen LogP contribution in [0.1, 0.15) is 16.7 Å². The van der Waals surface area contributed by atoms with Gasteiger partial charge < -0.3 is 10.2 Å². The Morgan fingerprint density at radius 3 is 2.39 bits per heavy atom. The lowest BCUT2D eigenvalue weighted by Crippen LogP contribution is -3.15. The smallest absolute Gasteiger partial charge is 0.279 e. The van der Waals surface area contributed by atoms with Crippen molar-refractivity contribution >= 4 is 21.6 Å². The lowest BCUT2D eigenvalue weighted by Gasteiger charge is -2.31. The van der Waals surface area contributed by atoms with Crippen molar-refractivity contribution in [3.63, 3.8) is 0 Å². The molecule has 0 aromatic heterocycles. The van der Waals surface area contributed by atoms with Crippen LogP contribution < -0.4 is 10.2 Å². The molecule has 3 rings (SSSR count). The van der Waals surface area contributed by atoms with E-state index in [-0.39, 0.29) is 5.91 Å². The lowest BCUT2D eigenvalue weighted by molar-refractivity contribution is -0.895. The molecule has 1 fully saturated rings. The van der Waals surface area contributed by atoms with E-state index in [0.29, 0.717) is 37.6 Å². The van der Waals surface area contributed by atoms with Crippen molar-refractivity contribution in [2.75, 3.05) is 38.0 Å². The Morgan fingerprint density at radius 1 is 1.04 bits per heavy atom. The van der Waals surface area contributed by atoms with Crippen LogP contribution in [-0.4, -0.2) is 51.4 Å². The van der Waals surface area contributed by atoms with Gasteiger partial charge in [0.15, 0.2) is 6.54 Å². The second-order valence-corrected chi connectivity index (χ2v) is 9.42. The summed E-state index contributed by atoms with van der Waals surface area (Å²) in [6.07, 6.45) is 0. The van der Waals surface area contributed by atoms with E-state index in [0.717, 1.165) is 27.3 Å². The predicted octanol–water partition coefficient (Wildman–Crippen LogP) is 1.14. The number of benzene rings is 2. The highest BCUT2D eigenvalue weighted by Crippen LogP contribution is 2.21. The summed E-state index contributed by atoms with van der Waals surface area (Å²) in [5.74, 6) is -0.0496. The van der Waals surface area contributed by atoms with Gasteiger partial charge >= 0.3 is 0 Å². The second-order valence-electron chi connectivity index (χ2n) is 7.52. The molecule has 2 aromatic carbocycles. The zero-order valence-corrected chi connectivity index (χ0v) is 17.5. The average Bonchev–Trinajstić information content (AvgIpc) is 2.64. The molecule has 1 aliphatic rings. The Morgan fingerprint density at radius 2 is 1.71 bits per heavy atom. The van der Waals surface area contributed by atoms with Gasteiger partial charge in [-0.2, -0.15) is 4.31 Å². The molecule has 0 spiro atoms. The van der Waals surface area contributed by atoms with Gasteiger partial charge in [0.05, 0.1) is 31.1 Å². The molecule has 2 N–H and O–H groups in total. The number of anilines is 1. The quantitative estimate of drug-likeness (QED) is 0.788. The molecule has 1 amide bonds. The lowest BCUT2D eigenvalue weighted by atomic mass is 10.2. The third-order valence-corrected chi connectivity index (χ3v) is 7.14. The maximum absolute atomic E-state index is 13.0. The summed E-state index contributed by atoms with van der Waals surface area (Å²) < 4.78 is 27.5. The number of sulfonamides is 1. The molecule has 150 valence electrons. The largest absolute Gasteiger partial charge is 0.325 e. The molecule has 7 heteroatoms. The third kappa shape index (κ3) is 4.79. The molecule has 0 unspecified atom stereocenters. The minimum atomic E-state index is -3.50. The highest BCUT2D eigenvalue weighted by Gasteiger charge is 2.32. The molecule has 2 aromatic rings. The molecule has 1 heterocycles. The van der Waals surface area contributed by atoms with Crippen LogP contribution in [0.5, 0.6) is 0 Å². The molecule has 0 atom stereocenters. The highest BCUT2D eigenvalue weighted by atomic mass is 32.2. The molecule has 28 heavy (non-hydrogen) atoms. The fourth-order valence-corrected chi connectivity index (χ4v) is 5.25. The minimum absolute atomic E-state index is 0.0496.